The summed E-state index contributed by atoms with van der Waals surface area (Å²) in [5, 5.41) is 4.89. The molecule has 2 aliphatic rings. The number of rotatable bonds is 3. The third-order valence-corrected chi connectivity index (χ3v) is 5.04. The van der Waals surface area contributed by atoms with E-state index in [1.807, 2.05) is 17.5 Å². The van der Waals surface area contributed by atoms with Gasteiger partial charge in [0.05, 0.1) is 5.01 Å². The molecule has 1 aromatic rings. The first kappa shape index (κ1) is 11.6. The Morgan fingerprint density at radius 3 is 2.71 bits per heavy atom. The smallest absolute Gasteiger partial charge is 0.0897 e. The van der Waals surface area contributed by atoms with E-state index in [1.165, 1.54) is 35.6 Å². The molecule has 0 spiro atoms. The third kappa shape index (κ3) is 2.54. The Kier molecular flexibility index (Phi) is 3.19. The van der Waals surface area contributed by atoms with Crippen molar-refractivity contribution in [3.05, 3.63) is 16.1 Å². The van der Waals surface area contributed by atoms with Crippen LogP contribution < -0.4 is 5.32 Å². The van der Waals surface area contributed by atoms with E-state index >= 15 is 0 Å². The van der Waals surface area contributed by atoms with Gasteiger partial charge in [0.25, 0.3) is 0 Å². The molecule has 0 aliphatic carbocycles. The normalized spacial score (nSPS) is 32.3. The summed E-state index contributed by atoms with van der Waals surface area (Å²) in [6.07, 6.45) is 7.45. The molecule has 0 amide bonds. The number of aromatic nitrogens is 1. The maximum Gasteiger partial charge on any atom is 0.0897 e. The van der Waals surface area contributed by atoms with Gasteiger partial charge in [-0.25, -0.2) is 4.98 Å². The zero-order valence-electron chi connectivity index (χ0n) is 10.6. The van der Waals surface area contributed by atoms with E-state index in [4.69, 9.17) is 0 Å². The lowest BCUT2D eigenvalue weighted by Crippen LogP contribution is -2.46. The van der Waals surface area contributed by atoms with Crippen LogP contribution in [-0.2, 0) is 6.54 Å². The highest BCUT2D eigenvalue weighted by Gasteiger charge is 2.34. The topological polar surface area (TPSA) is 28.2 Å². The van der Waals surface area contributed by atoms with Crippen molar-refractivity contribution >= 4 is 11.3 Å². The van der Waals surface area contributed by atoms with Crippen molar-refractivity contribution in [3.63, 3.8) is 0 Å². The average molecular weight is 251 g/mol. The minimum Gasteiger partial charge on any atom is -0.311 e. The summed E-state index contributed by atoms with van der Waals surface area (Å²) < 4.78 is 0. The molecule has 2 fully saturated rings. The van der Waals surface area contributed by atoms with E-state index in [2.05, 4.69) is 29.2 Å². The van der Waals surface area contributed by atoms with Crippen LogP contribution >= 0.6 is 11.3 Å². The van der Waals surface area contributed by atoms with Crippen molar-refractivity contribution in [2.75, 3.05) is 7.05 Å². The standard InChI is InChI=1S/C13H21N3S/c1-9-14-7-13(17-9)8-16(2)12-5-10-3-4-11(6-12)15-10/h7,10-12,15H,3-6,8H2,1-2H3. The number of hydrogen-bond donors (Lipinski definition) is 1. The maximum atomic E-state index is 4.34. The van der Waals surface area contributed by atoms with Crippen LogP contribution in [0.5, 0.6) is 0 Å². The molecule has 3 nitrogen and oxygen atoms in total. The Hall–Kier alpha value is -0.450. The van der Waals surface area contributed by atoms with E-state index in [0.717, 1.165) is 24.7 Å². The van der Waals surface area contributed by atoms with Gasteiger partial charge in [0.15, 0.2) is 0 Å². The van der Waals surface area contributed by atoms with Gasteiger partial charge in [-0.2, -0.15) is 0 Å². The summed E-state index contributed by atoms with van der Waals surface area (Å²) in [4.78, 5) is 8.26. The molecule has 4 heteroatoms. The zero-order chi connectivity index (χ0) is 11.8. The zero-order valence-corrected chi connectivity index (χ0v) is 11.5. The lowest BCUT2D eigenvalue weighted by molar-refractivity contribution is 0.167. The highest BCUT2D eigenvalue weighted by Crippen LogP contribution is 2.30. The number of thiazole rings is 1. The largest absolute Gasteiger partial charge is 0.311 e. The molecule has 1 aromatic heterocycles. The van der Waals surface area contributed by atoms with Crippen LogP contribution in [0.4, 0.5) is 0 Å². The molecule has 0 radical (unpaired) electrons. The second-order valence-electron chi connectivity index (χ2n) is 5.52. The summed E-state index contributed by atoms with van der Waals surface area (Å²) in [6.45, 7) is 3.15. The molecule has 2 bridgehead atoms. The Labute approximate surface area is 107 Å². The number of piperidine rings is 1. The highest BCUT2D eigenvalue weighted by molar-refractivity contribution is 7.11. The van der Waals surface area contributed by atoms with Gasteiger partial charge in [-0.15, -0.1) is 11.3 Å². The molecule has 1 N–H and O–H groups in total. The molecule has 2 aliphatic heterocycles. The lowest BCUT2D eigenvalue weighted by Gasteiger charge is -2.35. The van der Waals surface area contributed by atoms with Crippen molar-refractivity contribution in [1.82, 2.24) is 15.2 Å². The molecule has 2 unspecified atom stereocenters. The van der Waals surface area contributed by atoms with E-state index in [1.54, 1.807) is 0 Å². The molecular formula is C13H21N3S. The van der Waals surface area contributed by atoms with Gasteiger partial charge >= 0.3 is 0 Å². The molecule has 2 saturated heterocycles. The van der Waals surface area contributed by atoms with Crippen molar-refractivity contribution in [2.45, 2.75) is 57.3 Å². The van der Waals surface area contributed by atoms with Crippen molar-refractivity contribution in [3.8, 4) is 0 Å². The summed E-state index contributed by atoms with van der Waals surface area (Å²) >= 11 is 1.83. The fraction of sp³-hybridized carbons (Fsp3) is 0.769. The van der Waals surface area contributed by atoms with Gasteiger partial charge in [0, 0.05) is 35.7 Å². The number of aryl methyl sites for hydroxylation is 1. The van der Waals surface area contributed by atoms with Crippen LogP contribution in [0.25, 0.3) is 0 Å². The summed E-state index contributed by atoms with van der Waals surface area (Å²) in [7, 11) is 2.27. The molecule has 2 atom stereocenters. The molecule has 0 saturated carbocycles. The second-order valence-corrected chi connectivity index (χ2v) is 6.84. The van der Waals surface area contributed by atoms with Gasteiger partial charge in [-0.3, -0.25) is 4.90 Å². The summed E-state index contributed by atoms with van der Waals surface area (Å²) in [5.74, 6) is 0. The Bertz CT molecular complexity index is 378. The summed E-state index contributed by atoms with van der Waals surface area (Å²) in [6, 6.07) is 2.32. The number of fused-ring (bicyclic) bond motifs is 2. The van der Waals surface area contributed by atoms with E-state index in [-0.39, 0.29) is 0 Å². The Morgan fingerprint density at radius 2 is 2.12 bits per heavy atom. The van der Waals surface area contributed by atoms with E-state index in [0.29, 0.717) is 0 Å². The fourth-order valence-corrected chi connectivity index (χ4v) is 4.10. The number of nitrogens with one attached hydrogen (secondary N) is 1. The van der Waals surface area contributed by atoms with Gasteiger partial charge in [-0.05, 0) is 39.7 Å². The predicted molar refractivity (Wildman–Crippen MR) is 71.3 cm³/mol. The predicted octanol–water partition coefficient (Wildman–Crippen LogP) is 2.17. The first-order valence-electron chi connectivity index (χ1n) is 6.58. The molecule has 0 aromatic carbocycles. The van der Waals surface area contributed by atoms with Crippen molar-refractivity contribution in [1.29, 1.82) is 0 Å². The number of hydrogen-bond acceptors (Lipinski definition) is 4. The van der Waals surface area contributed by atoms with Gasteiger partial charge in [0.1, 0.15) is 0 Å². The summed E-state index contributed by atoms with van der Waals surface area (Å²) in [5.41, 5.74) is 0. The van der Waals surface area contributed by atoms with Crippen LogP contribution in [0.3, 0.4) is 0 Å². The van der Waals surface area contributed by atoms with Crippen molar-refractivity contribution in [2.24, 2.45) is 0 Å². The fourth-order valence-electron chi connectivity index (χ4n) is 3.24. The SMILES string of the molecule is Cc1ncc(CN(C)C2CC3CCC(C2)N3)s1. The maximum absolute atomic E-state index is 4.34. The first-order valence-corrected chi connectivity index (χ1v) is 7.40. The van der Waals surface area contributed by atoms with E-state index in [9.17, 15) is 0 Å². The highest BCUT2D eigenvalue weighted by atomic mass is 32.1. The van der Waals surface area contributed by atoms with Gasteiger partial charge < -0.3 is 5.32 Å². The Morgan fingerprint density at radius 1 is 1.41 bits per heavy atom. The van der Waals surface area contributed by atoms with Crippen LogP contribution in [0.2, 0.25) is 0 Å². The first-order chi connectivity index (χ1) is 8.20. The monoisotopic (exact) mass is 251 g/mol. The quantitative estimate of drug-likeness (QED) is 0.892. The van der Waals surface area contributed by atoms with Crippen LogP contribution in [0.15, 0.2) is 6.20 Å². The minimum absolute atomic E-state index is 0.760. The van der Waals surface area contributed by atoms with Gasteiger partial charge in [-0.1, -0.05) is 0 Å². The third-order valence-electron chi connectivity index (χ3n) is 4.15. The lowest BCUT2D eigenvalue weighted by atomic mass is 9.98. The van der Waals surface area contributed by atoms with Crippen LogP contribution in [-0.4, -0.2) is 35.1 Å². The van der Waals surface area contributed by atoms with E-state index < -0.39 is 0 Å². The Balaban J connectivity index is 1.60. The second kappa shape index (κ2) is 4.67. The molecule has 3 heterocycles. The van der Waals surface area contributed by atoms with Crippen molar-refractivity contribution < 1.29 is 0 Å². The average Bonchev–Trinajstić information content (AvgIpc) is 2.85. The molecule has 3 rings (SSSR count). The van der Waals surface area contributed by atoms with Gasteiger partial charge in [0.2, 0.25) is 0 Å². The van der Waals surface area contributed by atoms with Crippen LogP contribution in [0, 0.1) is 6.92 Å². The minimum atomic E-state index is 0.760. The molecule has 17 heavy (non-hydrogen) atoms. The van der Waals surface area contributed by atoms with Crippen LogP contribution in [0.1, 0.15) is 35.6 Å². The molecular weight excluding hydrogens is 230 g/mol. The number of nitrogens with zero attached hydrogens (tertiary/aromatic N) is 2. The molecule has 94 valence electrons.